The van der Waals surface area contributed by atoms with Crippen LogP contribution < -0.4 is 5.32 Å². The van der Waals surface area contributed by atoms with E-state index >= 15 is 0 Å². The van der Waals surface area contributed by atoms with Crippen molar-refractivity contribution in [1.29, 1.82) is 0 Å². The predicted molar refractivity (Wildman–Crippen MR) is 96.0 cm³/mol. The Morgan fingerprint density at radius 3 is 2.64 bits per heavy atom. The SMILES string of the molecule is CCOC(=O)c1ccc(NC(=O)Cc2coc3ccc(Cl)cc23)cc1. The summed E-state index contributed by atoms with van der Waals surface area (Å²) in [4.78, 5) is 23.9. The number of amides is 1. The molecule has 128 valence electrons. The molecular formula is C19H16ClNO4. The van der Waals surface area contributed by atoms with E-state index in [4.69, 9.17) is 20.8 Å². The Bertz CT molecular complexity index is 915. The number of hydrogen-bond acceptors (Lipinski definition) is 4. The van der Waals surface area contributed by atoms with Crippen molar-refractivity contribution in [2.24, 2.45) is 0 Å². The molecule has 0 atom stereocenters. The van der Waals surface area contributed by atoms with Crippen molar-refractivity contribution >= 4 is 40.1 Å². The highest BCUT2D eigenvalue weighted by molar-refractivity contribution is 6.31. The molecule has 0 aliphatic rings. The Hall–Kier alpha value is -2.79. The van der Waals surface area contributed by atoms with E-state index in [0.717, 1.165) is 10.9 Å². The van der Waals surface area contributed by atoms with Crippen LogP contribution in [0, 0.1) is 0 Å². The molecule has 3 rings (SSSR count). The summed E-state index contributed by atoms with van der Waals surface area (Å²) in [6, 6.07) is 11.8. The molecule has 1 aromatic heterocycles. The van der Waals surface area contributed by atoms with Crippen LogP contribution in [0.15, 0.2) is 53.1 Å². The van der Waals surface area contributed by atoms with Gasteiger partial charge in [-0.1, -0.05) is 11.6 Å². The predicted octanol–water partition coefficient (Wildman–Crippen LogP) is 4.44. The number of fused-ring (bicyclic) bond motifs is 1. The number of halogens is 1. The third-order valence-electron chi connectivity index (χ3n) is 3.65. The topological polar surface area (TPSA) is 68.5 Å². The highest BCUT2D eigenvalue weighted by atomic mass is 35.5. The average Bonchev–Trinajstić information content (AvgIpc) is 2.97. The minimum Gasteiger partial charge on any atom is -0.464 e. The van der Waals surface area contributed by atoms with Crippen molar-refractivity contribution in [3.63, 3.8) is 0 Å². The zero-order valence-corrected chi connectivity index (χ0v) is 14.3. The molecule has 6 heteroatoms. The van der Waals surface area contributed by atoms with Gasteiger partial charge in [0.25, 0.3) is 0 Å². The summed E-state index contributed by atoms with van der Waals surface area (Å²) in [5.41, 5.74) is 2.49. The lowest BCUT2D eigenvalue weighted by Crippen LogP contribution is -2.14. The number of ether oxygens (including phenoxy) is 1. The van der Waals surface area contributed by atoms with E-state index in [0.29, 0.717) is 28.5 Å². The first-order valence-corrected chi connectivity index (χ1v) is 8.17. The Morgan fingerprint density at radius 2 is 1.92 bits per heavy atom. The van der Waals surface area contributed by atoms with E-state index in [1.54, 1.807) is 55.7 Å². The molecule has 0 aliphatic carbocycles. The van der Waals surface area contributed by atoms with Crippen LogP contribution in [-0.4, -0.2) is 18.5 Å². The van der Waals surface area contributed by atoms with Crippen molar-refractivity contribution in [2.45, 2.75) is 13.3 Å². The maximum absolute atomic E-state index is 12.3. The first-order valence-electron chi connectivity index (χ1n) is 7.79. The molecule has 0 bridgehead atoms. The van der Waals surface area contributed by atoms with Crippen LogP contribution in [0.2, 0.25) is 5.02 Å². The number of furan rings is 1. The van der Waals surface area contributed by atoms with Gasteiger partial charge in [0.05, 0.1) is 24.9 Å². The van der Waals surface area contributed by atoms with Crippen LogP contribution in [0.5, 0.6) is 0 Å². The molecular weight excluding hydrogens is 342 g/mol. The second-order valence-corrected chi connectivity index (χ2v) is 5.86. The van der Waals surface area contributed by atoms with Gasteiger partial charge in [-0.2, -0.15) is 0 Å². The molecule has 3 aromatic rings. The van der Waals surface area contributed by atoms with Gasteiger partial charge in [0.1, 0.15) is 5.58 Å². The minimum absolute atomic E-state index is 0.160. The summed E-state index contributed by atoms with van der Waals surface area (Å²) in [5, 5.41) is 4.20. The molecule has 0 saturated carbocycles. The first-order chi connectivity index (χ1) is 12.1. The monoisotopic (exact) mass is 357 g/mol. The highest BCUT2D eigenvalue weighted by Gasteiger charge is 2.12. The molecule has 2 aromatic carbocycles. The summed E-state index contributed by atoms with van der Waals surface area (Å²) in [5.74, 6) is -0.575. The Kier molecular flexibility index (Phi) is 5.05. The Labute approximate surface area is 149 Å². The molecule has 1 N–H and O–H groups in total. The van der Waals surface area contributed by atoms with E-state index in [1.807, 2.05) is 0 Å². The summed E-state index contributed by atoms with van der Waals surface area (Å²) < 4.78 is 10.4. The van der Waals surface area contributed by atoms with Crippen LogP contribution in [0.4, 0.5) is 5.69 Å². The highest BCUT2D eigenvalue weighted by Crippen LogP contribution is 2.25. The summed E-state index contributed by atoms with van der Waals surface area (Å²) >= 11 is 6.00. The fraction of sp³-hybridized carbons (Fsp3) is 0.158. The van der Waals surface area contributed by atoms with E-state index in [9.17, 15) is 9.59 Å². The van der Waals surface area contributed by atoms with E-state index < -0.39 is 0 Å². The standard InChI is InChI=1S/C19H16ClNO4/c1-2-24-19(23)12-3-6-15(7-4-12)21-18(22)9-13-11-25-17-8-5-14(20)10-16(13)17/h3-8,10-11H,2,9H2,1H3,(H,21,22). The third kappa shape index (κ3) is 4.00. The van der Waals surface area contributed by atoms with Crippen LogP contribution in [0.25, 0.3) is 11.0 Å². The molecule has 25 heavy (non-hydrogen) atoms. The molecule has 1 amide bonds. The van der Waals surface area contributed by atoms with Crippen molar-refractivity contribution in [3.8, 4) is 0 Å². The first kappa shape index (κ1) is 17.0. The van der Waals surface area contributed by atoms with Crippen LogP contribution in [0.3, 0.4) is 0 Å². The average molecular weight is 358 g/mol. The van der Waals surface area contributed by atoms with Gasteiger partial charge in [-0.25, -0.2) is 4.79 Å². The van der Waals surface area contributed by atoms with Crippen molar-refractivity contribution in [3.05, 3.63) is 64.9 Å². The quantitative estimate of drug-likeness (QED) is 0.685. The Balaban J connectivity index is 1.67. The minimum atomic E-state index is -0.387. The van der Waals surface area contributed by atoms with E-state index in [2.05, 4.69) is 5.32 Å². The van der Waals surface area contributed by atoms with Crippen molar-refractivity contribution in [2.75, 3.05) is 11.9 Å². The lowest BCUT2D eigenvalue weighted by molar-refractivity contribution is -0.115. The number of esters is 1. The zero-order valence-electron chi connectivity index (χ0n) is 13.5. The van der Waals surface area contributed by atoms with Crippen molar-refractivity contribution in [1.82, 2.24) is 0 Å². The third-order valence-corrected chi connectivity index (χ3v) is 3.88. The second kappa shape index (κ2) is 7.40. The summed E-state index contributed by atoms with van der Waals surface area (Å²) in [6.07, 6.45) is 1.72. The van der Waals surface area contributed by atoms with Gasteiger partial charge in [-0.05, 0) is 49.4 Å². The molecule has 0 unspecified atom stereocenters. The molecule has 1 heterocycles. The Morgan fingerprint density at radius 1 is 1.16 bits per heavy atom. The molecule has 0 radical (unpaired) electrons. The fourth-order valence-corrected chi connectivity index (χ4v) is 2.65. The van der Waals surface area contributed by atoms with Gasteiger partial charge in [0, 0.05) is 21.7 Å². The van der Waals surface area contributed by atoms with E-state index in [1.165, 1.54) is 0 Å². The molecule has 5 nitrogen and oxygen atoms in total. The van der Waals surface area contributed by atoms with Gasteiger partial charge in [0.15, 0.2) is 0 Å². The zero-order chi connectivity index (χ0) is 17.8. The van der Waals surface area contributed by atoms with Gasteiger partial charge in [0.2, 0.25) is 5.91 Å². The van der Waals surface area contributed by atoms with Crippen molar-refractivity contribution < 1.29 is 18.7 Å². The summed E-state index contributed by atoms with van der Waals surface area (Å²) in [6.45, 7) is 2.07. The number of benzene rings is 2. The number of rotatable bonds is 5. The largest absolute Gasteiger partial charge is 0.464 e. The maximum atomic E-state index is 12.3. The second-order valence-electron chi connectivity index (χ2n) is 5.42. The normalized spacial score (nSPS) is 10.6. The van der Waals surface area contributed by atoms with Crippen LogP contribution in [-0.2, 0) is 16.0 Å². The van der Waals surface area contributed by atoms with Gasteiger partial charge in [-0.15, -0.1) is 0 Å². The lowest BCUT2D eigenvalue weighted by Gasteiger charge is -2.06. The number of carbonyl (C=O) groups is 2. The van der Waals surface area contributed by atoms with E-state index in [-0.39, 0.29) is 18.3 Å². The van der Waals surface area contributed by atoms with Gasteiger partial charge < -0.3 is 14.5 Å². The van der Waals surface area contributed by atoms with Crippen LogP contribution >= 0.6 is 11.6 Å². The number of hydrogen-bond donors (Lipinski definition) is 1. The number of carbonyl (C=O) groups excluding carboxylic acids is 2. The number of nitrogens with one attached hydrogen (secondary N) is 1. The smallest absolute Gasteiger partial charge is 0.338 e. The maximum Gasteiger partial charge on any atom is 0.338 e. The molecule has 0 saturated heterocycles. The molecule has 0 aliphatic heterocycles. The summed E-state index contributed by atoms with van der Waals surface area (Å²) in [7, 11) is 0. The van der Waals surface area contributed by atoms with Gasteiger partial charge >= 0.3 is 5.97 Å². The lowest BCUT2D eigenvalue weighted by atomic mass is 10.1. The molecule has 0 spiro atoms. The molecule has 0 fully saturated rings. The number of anilines is 1. The van der Waals surface area contributed by atoms with Crippen LogP contribution in [0.1, 0.15) is 22.8 Å². The fourth-order valence-electron chi connectivity index (χ4n) is 2.47. The van der Waals surface area contributed by atoms with Gasteiger partial charge in [-0.3, -0.25) is 4.79 Å².